The van der Waals surface area contributed by atoms with Gasteiger partial charge in [-0.25, -0.2) is 0 Å². The second-order valence-electron chi connectivity index (χ2n) is 5.02. The van der Waals surface area contributed by atoms with Crippen LogP contribution in [0.1, 0.15) is 11.1 Å². The molecule has 9 heteroatoms. The Morgan fingerprint density at radius 3 is 1.52 bits per heavy atom. The summed E-state index contributed by atoms with van der Waals surface area (Å²) in [6.07, 6.45) is 0.696. The third-order valence-electron chi connectivity index (χ3n) is 3.48. The fourth-order valence-corrected chi connectivity index (χ4v) is 3.98. The van der Waals surface area contributed by atoms with Crippen molar-refractivity contribution in [3.05, 3.63) is 67.8 Å². The second kappa shape index (κ2) is 9.03. The molecule has 2 rings (SSSR count). The average Bonchev–Trinajstić information content (AvgIpc) is 2.55. The third kappa shape index (κ3) is 4.62. The predicted octanol–water partition coefficient (Wildman–Crippen LogP) is 5.22. The van der Waals surface area contributed by atoms with Gasteiger partial charge in [0.2, 0.25) is 0 Å². The van der Waals surface area contributed by atoms with Gasteiger partial charge in [-0.1, -0.05) is 36.0 Å². The van der Waals surface area contributed by atoms with Gasteiger partial charge in [0, 0.05) is 22.9 Å². The Morgan fingerprint density at radius 2 is 1.20 bits per heavy atom. The maximum absolute atomic E-state index is 11.5. The third-order valence-corrected chi connectivity index (χ3v) is 4.95. The zero-order chi connectivity index (χ0) is 18.4. The monoisotopic (exact) mass is 400 g/mol. The van der Waals surface area contributed by atoms with Gasteiger partial charge in [-0.05, 0) is 25.0 Å². The van der Waals surface area contributed by atoms with Crippen molar-refractivity contribution < 1.29 is 9.85 Å². The van der Waals surface area contributed by atoms with Crippen LogP contribution in [0.2, 0.25) is 0 Å². The molecule has 0 aliphatic heterocycles. The van der Waals surface area contributed by atoms with Crippen LogP contribution in [0.15, 0.2) is 46.2 Å². The summed E-state index contributed by atoms with van der Waals surface area (Å²) in [4.78, 5) is 22.7. The Morgan fingerprint density at radius 1 is 0.800 bits per heavy atom. The first-order valence-corrected chi connectivity index (χ1v) is 9.20. The average molecular weight is 401 g/mol. The Balaban J connectivity index is 2.53. The first-order valence-electron chi connectivity index (χ1n) is 7.32. The Kier molecular flexibility index (Phi) is 7.04. The van der Waals surface area contributed by atoms with Gasteiger partial charge in [-0.3, -0.25) is 20.2 Å². The van der Waals surface area contributed by atoms with E-state index in [-0.39, 0.29) is 23.1 Å². The first-order chi connectivity index (χ1) is 12.0. The van der Waals surface area contributed by atoms with Crippen molar-refractivity contribution in [3.63, 3.8) is 0 Å². The Bertz CT molecular complexity index is 736. The van der Waals surface area contributed by atoms with Crippen molar-refractivity contribution in [1.29, 1.82) is 0 Å². The molecule has 0 atom stereocenters. The van der Waals surface area contributed by atoms with Crippen molar-refractivity contribution in [2.24, 2.45) is 0 Å². The number of hydrogen-bond acceptors (Lipinski definition) is 5. The van der Waals surface area contributed by atoms with Gasteiger partial charge >= 0.3 is 0 Å². The summed E-state index contributed by atoms with van der Waals surface area (Å²) in [7, 11) is 0. The SMILES string of the molecule is O=[N+]([O-])c1c(CCCl)cccc1Sc1cccc(CCCl)c1[N+](=O)[O-]. The van der Waals surface area contributed by atoms with E-state index in [1.165, 1.54) is 0 Å². The van der Waals surface area contributed by atoms with Gasteiger partial charge in [0.15, 0.2) is 0 Å². The van der Waals surface area contributed by atoms with Crippen molar-refractivity contribution in [1.82, 2.24) is 0 Å². The lowest BCUT2D eigenvalue weighted by Crippen LogP contribution is -2.00. The Hall–Kier alpha value is -1.83. The number of alkyl halides is 2. The van der Waals surface area contributed by atoms with Crippen molar-refractivity contribution in [3.8, 4) is 0 Å². The van der Waals surface area contributed by atoms with Gasteiger partial charge in [0.05, 0.1) is 19.6 Å². The van der Waals surface area contributed by atoms with E-state index in [1.54, 1.807) is 36.4 Å². The van der Waals surface area contributed by atoms with E-state index < -0.39 is 9.85 Å². The van der Waals surface area contributed by atoms with Gasteiger partial charge in [-0.2, -0.15) is 0 Å². The minimum absolute atomic E-state index is 0.0646. The fraction of sp³-hybridized carbons (Fsp3) is 0.250. The van der Waals surface area contributed by atoms with Gasteiger partial charge in [-0.15, -0.1) is 23.2 Å². The molecule has 25 heavy (non-hydrogen) atoms. The molecule has 0 aromatic heterocycles. The molecular formula is C16H14Cl2N2O4S. The molecule has 0 saturated heterocycles. The lowest BCUT2D eigenvalue weighted by atomic mass is 10.1. The highest BCUT2D eigenvalue weighted by atomic mass is 35.5. The first kappa shape index (κ1) is 19.5. The summed E-state index contributed by atoms with van der Waals surface area (Å²) >= 11 is 12.4. The van der Waals surface area contributed by atoms with E-state index >= 15 is 0 Å². The van der Waals surface area contributed by atoms with E-state index in [2.05, 4.69) is 0 Å². The van der Waals surface area contributed by atoms with Crippen molar-refractivity contribution in [2.45, 2.75) is 22.6 Å². The predicted molar refractivity (Wildman–Crippen MR) is 99.2 cm³/mol. The maximum atomic E-state index is 11.5. The normalized spacial score (nSPS) is 10.6. The summed E-state index contributed by atoms with van der Waals surface area (Å²) in [5, 5.41) is 23.0. The molecule has 0 fully saturated rings. The molecule has 0 aliphatic rings. The Labute approximate surface area is 158 Å². The summed E-state index contributed by atoms with van der Waals surface area (Å²) < 4.78 is 0. The molecule has 6 nitrogen and oxygen atoms in total. The highest BCUT2D eigenvalue weighted by molar-refractivity contribution is 7.99. The zero-order valence-electron chi connectivity index (χ0n) is 13.0. The maximum Gasteiger partial charge on any atom is 0.286 e. The highest BCUT2D eigenvalue weighted by Crippen LogP contribution is 2.42. The largest absolute Gasteiger partial charge is 0.286 e. The molecule has 0 radical (unpaired) electrons. The molecule has 132 valence electrons. The number of nitro benzene ring substituents is 2. The molecule has 0 spiro atoms. The molecule has 0 bridgehead atoms. The van der Waals surface area contributed by atoms with Gasteiger partial charge in [0.25, 0.3) is 11.4 Å². The molecule has 2 aromatic carbocycles. The summed E-state index contributed by atoms with van der Waals surface area (Å²) in [5.74, 6) is 0.501. The summed E-state index contributed by atoms with van der Waals surface area (Å²) in [6, 6.07) is 9.82. The molecule has 0 amide bonds. The van der Waals surface area contributed by atoms with Crippen LogP contribution in [-0.2, 0) is 12.8 Å². The topological polar surface area (TPSA) is 86.3 Å². The number of benzene rings is 2. The lowest BCUT2D eigenvalue weighted by Gasteiger charge is -2.09. The van der Waals surface area contributed by atoms with E-state index in [0.29, 0.717) is 33.8 Å². The van der Waals surface area contributed by atoms with E-state index in [9.17, 15) is 20.2 Å². The highest BCUT2D eigenvalue weighted by Gasteiger charge is 2.25. The molecule has 0 heterocycles. The number of para-hydroxylation sites is 2. The van der Waals surface area contributed by atoms with Crippen LogP contribution in [0.4, 0.5) is 11.4 Å². The van der Waals surface area contributed by atoms with E-state index in [0.717, 1.165) is 11.8 Å². The van der Waals surface area contributed by atoms with Crippen LogP contribution in [-0.4, -0.2) is 21.6 Å². The second-order valence-corrected chi connectivity index (χ2v) is 6.86. The standard InChI is InChI=1S/C16H14Cl2N2O4S/c17-9-7-11-3-1-5-13(15(11)19(21)22)25-14-6-2-4-12(8-10-18)16(14)20(23)24/h1-6H,7-10H2. The quantitative estimate of drug-likeness (QED) is 0.344. The summed E-state index contributed by atoms with van der Waals surface area (Å²) in [6.45, 7) is 0. The minimum atomic E-state index is -0.474. The number of hydrogen-bond donors (Lipinski definition) is 0. The number of nitro groups is 2. The molecule has 0 N–H and O–H groups in total. The van der Waals surface area contributed by atoms with Crippen LogP contribution in [0.3, 0.4) is 0 Å². The van der Waals surface area contributed by atoms with Crippen LogP contribution < -0.4 is 0 Å². The zero-order valence-corrected chi connectivity index (χ0v) is 15.3. The molecule has 0 unspecified atom stereocenters. The van der Waals surface area contributed by atoms with Gasteiger partial charge in [0.1, 0.15) is 0 Å². The van der Waals surface area contributed by atoms with Crippen LogP contribution in [0.5, 0.6) is 0 Å². The van der Waals surface area contributed by atoms with E-state index in [1.807, 2.05) is 0 Å². The smallest absolute Gasteiger partial charge is 0.258 e. The van der Waals surface area contributed by atoms with Crippen LogP contribution in [0.25, 0.3) is 0 Å². The molecular weight excluding hydrogens is 387 g/mol. The molecule has 2 aromatic rings. The number of aryl methyl sites for hydroxylation is 2. The minimum Gasteiger partial charge on any atom is -0.258 e. The number of rotatable bonds is 8. The van der Waals surface area contributed by atoms with Crippen molar-refractivity contribution in [2.75, 3.05) is 11.8 Å². The molecule has 0 aliphatic carbocycles. The lowest BCUT2D eigenvalue weighted by molar-refractivity contribution is -0.388. The van der Waals surface area contributed by atoms with E-state index in [4.69, 9.17) is 23.2 Å². The van der Waals surface area contributed by atoms with Gasteiger partial charge < -0.3 is 0 Å². The van der Waals surface area contributed by atoms with Crippen molar-refractivity contribution >= 4 is 46.3 Å². The summed E-state index contributed by atoms with van der Waals surface area (Å²) in [5.41, 5.74) is 0.879. The number of halogens is 2. The van der Waals surface area contributed by atoms with Crippen LogP contribution >= 0.6 is 35.0 Å². The fourth-order valence-electron chi connectivity index (χ4n) is 2.44. The molecule has 0 saturated carbocycles. The number of nitrogens with zero attached hydrogens (tertiary/aromatic N) is 2. The van der Waals surface area contributed by atoms with Crippen LogP contribution in [0, 0.1) is 20.2 Å².